The zero-order valence-corrected chi connectivity index (χ0v) is 13.8. The van der Waals surface area contributed by atoms with Crippen molar-refractivity contribution < 1.29 is 0 Å². The SMILES string of the molecule is C[Si]1(C)CN[C@H](c2nc(-c3ccc(Br)cc3)c[nH]2)C1. The van der Waals surface area contributed by atoms with Crippen LogP contribution in [0, 0.1) is 0 Å². The van der Waals surface area contributed by atoms with Gasteiger partial charge in [-0.3, -0.25) is 0 Å². The quantitative estimate of drug-likeness (QED) is 0.821. The van der Waals surface area contributed by atoms with E-state index in [0.717, 1.165) is 21.6 Å². The normalized spacial score (nSPS) is 21.7. The lowest BCUT2D eigenvalue weighted by Gasteiger charge is -2.11. The van der Waals surface area contributed by atoms with Gasteiger partial charge in [0.05, 0.1) is 19.8 Å². The third kappa shape index (κ3) is 2.83. The molecular weight excluding hydrogens is 318 g/mol. The third-order valence-corrected chi connectivity index (χ3v) is 6.85. The first-order valence-electron chi connectivity index (χ1n) is 6.58. The van der Waals surface area contributed by atoms with E-state index in [9.17, 15) is 0 Å². The fraction of sp³-hybridized carbons (Fsp3) is 0.357. The predicted octanol–water partition coefficient (Wildman–Crippen LogP) is 3.73. The summed E-state index contributed by atoms with van der Waals surface area (Å²) in [7, 11) is -1.04. The van der Waals surface area contributed by atoms with Gasteiger partial charge in [-0.2, -0.15) is 0 Å². The van der Waals surface area contributed by atoms with Gasteiger partial charge in [-0.15, -0.1) is 0 Å². The lowest BCUT2D eigenvalue weighted by atomic mass is 10.2. The molecule has 0 unspecified atom stereocenters. The standard InChI is InChI=1S/C14H18BrN3Si/c1-19(2)8-13(17-9-19)14-16-7-12(18-14)10-3-5-11(15)6-4-10/h3-7,13,17H,8-9H2,1-2H3,(H,16,18)/t13-/m0/s1. The van der Waals surface area contributed by atoms with Crippen LogP contribution in [-0.2, 0) is 0 Å². The van der Waals surface area contributed by atoms with Crippen LogP contribution in [0.3, 0.4) is 0 Å². The Morgan fingerprint density at radius 2 is 2.00 bits per heavy atom. The van der Waals surface area contributed by atoms with Gasteiger partial charge in [0.1, 0.15) is 5.82 Å². The van der Waals surface area contributed by atoms with E-state index < -0.39 is 8.07 Å². The summed E-state index contributed by atoms with van der Waals surface area (Å²) in [5, 5.41) is 3.60. The predicted molar refractivity (Wildman–Crippen MR) is 84.8 cm³/mol. The summed E-state index contributed by atoms with van der Waals surface area (Å²) < 4.78 is 1.09. The van der Waals surface area contributed by atoms with Crippen molar-refractivity contribution in [3.63, 3.8) is 0 Å². The van der Waals surface area contributed by atoms with E-state index in [1.807, 2.05) is 18.3 Å². The van der Waals surface area contributed by atoms with Crippen LogP contribution in [0.25, 0.3) is 11.3 Å². The Labute approximate surface area is 123 Å². The van der Waals surface area contributed by atoms with Crippen LogP contribution in [0.15, 0.2) is 34.9 Å². The second-order valence-corrected chi connectivity index (χ2v) is 12.0. The molecule has 0 radical (unpaired) electrons. The Morgan fingerprint density at radius 3 is 2.63 bits per heavy atom. The fourth-order valence-corrected chi connectivity index (χ4v) is 5.22. The number of aromatic amines is 1. The third-order valence-electron chi connectivity index (χ3n) is 3.65. The van der Waals surface area contributed by atoms with Crippen molar-refractivity contribution in [1.82, 2.24) is 15.3 Å². The van der Waals surface area contributed by atoms with Gasteiger partial charge in [-0.05, 0) is 24.3 Å². The molecule has 1 aromatic carbocycles. The molecule has 1 aliphatic heterocycles. The molecule has 0 amide bonds. The van der Waals surface area contributed by atoms with E-state index in [2.05, 4.69) is 51.5 Å². The number of benzene rings is 1. The van der Waals surface area contributed by atoms with Crippen molar-refractivity contribution in [3.05, 3.63) is 40.8 Å². The molecular formula is C14H18BrN3Si. The Hall–Kier alpha value is -0.913. The summed E-state index contributed by atoms with van der Waals surface area (Å²) in [5.74, 6) is 1.08. The van der Waals surface area contributed by atoms with Crippen LogP contribution in [0.4, 0.5) is 0 Å². The Morgan fingerprint density at radius 1 is 1.26 bits per heavy atom. The van der Waals surface area contributed by atoms with E-state index in [-0.39, 0.29) is 0 Å². The number of halogens is 1. The molecule has 3 nitrogen and oxygen atoms in total. The number of hydrogen-bond acceptors (Lipinski definition) is 2. The minimum absolute atomic E-state index is 0.408. The van der Waals surface area contributed by atoms with E-state index >= 15 is 0 Å². The summed E-state index contributed by atoms with van der Waals surface area (Å²) >= 11 is 3.46. The van der Waals surface area contributed by atoms with Crippen LogP contribution < -0.4 is 5.32 Å². The fourth-order valence-electron chi connectivity index (χ4n) is 2.57. The van der Waals surface area contributed by atoms with Gasteiger partial charge >= 0.3 is 0 Å². The molecule has 2 N–H and O–H groups in total. The van der Waals surface area contributed by atoms with E-state index in [1.165, 1.54) is 12.2 Å². The summed E-state index contributed by atoms with van der Waals surface area (Å²) in [4.78, 5) is 8.08. The lowest BCUT2D eigenvalue weighted by Crippen LogP contribution is -2.28. The molecule has 2 heterocycles. The molecule has 2 aromatic rings. The largest absolute Gasteiger partial charge is 0.347 e. The Kier molecular flexibility index (Phi) is 3.36. The molecule has 0 saturated carbocycles. The summed E-state index contributed by atoms with van der Waals surface area (Å²) in [5.41, 5.74) is 2.18. The molecule has 0 spiro atoms. The van der Waals surface area contributed by atoms with Gasteiger partial charge in [0, 0.05) is 16.2 Å². The number of nitrogens with zero attached hydrogens (tertiary/aromatic N) is 1. The second-order valence-electron chi connectivity index (χ2n) is 5.98. The average Bonchev–Trinajstić information content (AvgIpc) is 2.96. The zero-order valence-electron chi connectivity index (χ0n) is 11.2. The van der Waals surface area contributed by atoms with E-state index in [4.69, 9.17) is 4.98 Å². The Bertz CT molecular complexity index is 577. The van der Waals surface area contributed by atoms with Crippen LogP contribution in [0.2, 0.25) is 19.1 Å². The second kappa shape index (κ2) is 4.88. The number of H-pyrrole nitrogens is 1. The zero-order chi connectivity index (χ0) is 13.5. The minimum atomic E-state index is -1.04. The number of hydrogen-bond donors (Lipinski definition) is 2. The maximum Gasteiger partial charge on any atom is 0.123 e. The van der Waals surface area contributed by atoms with Crippen molar-refractivity contribution in [2.45, 2.75) is 25.2 Å². The highest BCUT2D eigenvalue weighted by atomic mass is 79.9. The smallest absolute Gasteiger partial charge is 0.123 e. The number of aromatic nitrogens is 2. The highest BCUT2D eigenvalue weighted by Gasteiger charge is 2.34. The monoisotopic (exact) mass is 335 g/mol. The lowest BCUT2D eigenvalue weighted by molar-refractivity contribution is 0.635. The molecule has 19 heavy (non-hydrogen) atoms. The van der Waals surface area contributed by atoms with E-state index in [0.29, 0.717) is 6.04 Å². The van der Waals surface area contributed by atoms with Gasteiger partial charge < -0.3 is 10.3 Å². The molecule has 1 aliphatic rings. The van der Waals surface area contributed by atoms with Crippen molar-refractivity contribution >= 4 is 24.0 Å². The van der Waals surface area contributed by atoms with Gasteiger partial charge in [0.25, 0.3) is 0 Å². The van der Waals surface area contributed by atoms with Gasteiger partial charge in [0.2, 0.25) is 0 Å². The van der Waals surface area contributed by atoms with Crippen molar-refractivity contribution in [1.29, 1.82) is 0 Å². The van der Waals surface area contributed by atoms with Crippen LogP contribution in [0.5, 0.6) is 0 Å². The topological polar surface area (TPSA) is 40.7 Å². The molecule has 1 atom stereocenters. The van der Waals surface area contributed by atoms with Crippen LogP contribution in [0.1, 0.15) is 11.9 Å². The van der Waals surface area contributed by atoms with E-state index in [1.54, 1.807) is 0 Å². The molecule has 1 aromatic heterocycles. The summed E-state index contributed by atoms with van der Waals surface area (Å²) in [6, 6.07) is 9.95. The molecule has 1 fully saturated rings. The molecule has 3 rings (SSSR count). The van der Waals surface area contributed by atoms with Crippen LogP contribution in [-0.4, -0.2) is 24.2 Å². The van der Waals surface area contributed by atoms with Gasteiger partial charge in [-0.1, -0.05) is 41.2 Å². The van der Waals surface area contributed by atoms with Crippen LogP contribution >= 0.6 is 15.9 Å². The number of imidazole rings is 1. The first kappa shape index (κ1) is 13.1. The van der Waals surface area contributed by atoms with Crippen molar-refractivity contribution in [3.8, 4) is 11.3 Å². The minimum Gasteiger partial charge on any atom is -0.347 e. The maximum atomic E-state index is 4.75. The molecule has 1 saturated heterocycles. The maximum absolute atomic E-state index is 4.75. The number of rotatable bonds is 2. The van der Waals surface area contributed by atoms with Crippen molar-refractivity contribution in [2.24, 2.45) is 0 Å². The highest BCUT2D eigenvalue weighted by Crippen LogP contribution is 2.29. The molecule has 5 heteroatoms. The first-order chi connectivity index (χ1) is 9.03. The molecule has 0 aliphatic carbocycles. The summed E-state index contributed by atoms with van der Waals surface area (Å²) in [6.07, 6.45) is 3.19. The average molecular weight is 336 g/mol. The van der Waals surface area contributed by atoms with Crippen molar-refractivity contribution in [2.75, 3.05) is 6.17 Å². The molecule has 100 valence electrons. The highest BCUT2D eigenvalue weighted by molar-refractivity contribution is 9.10. The first-order valence-corrected chi connectivity index (χ1v) is 10.8. The molecule has 0 bridgehead atoms. The van der Waals surface area contributed by atoms with Gasteiger partial charge in [0.15, 0.2) is 0 Å². The summed E-state index contributed by atoms with van der Waals surface area (Å²) in [6.45, 7) is 4.86. The number of nitrogens with one attached hydrogen (secondary N) is 2. The Balaban J connectivity index is 1.82. The van der Waals surface area contributed by atoms with Gasteiger partial charge in [-0.25, -0.2) is 4.98 Å².